The molecule has 2 rings (SSSR count). The molecule has 1 atom stereocenters. The number of anilines is 1. The van der Waals surface area contributed by atoms with Crippen molar-refractivity contribution in [3.63, 3.8) is 0 Å². The molecule has 0 fully saturated rings. The van der Waals surface area contributed by atoms with Gasteiger partial charge in [-0.3, -0.25) is 4.79 Å². The summed E-state index contributed by atoms with van der Waals surface area (Å²) in [5, 5.41) is 3.17. The summed E-state index contributed by atoms with van der Waals surface area (Å²) in [6.45, 7) is 8.41. The van der Waals surface area contributed by atoms with E-state index in [0.717, 1.165) is 5.56 Å². The lowest BCUT2D eigenvalue weighted by molar-refractivity contribution is -0.123. The summed E-state index contributed by atoms with van der Waals surface area (Å²) in [5.41, 5.74) is 2.41. The molecule has 0 aliphatic rings. The third kappa shape index (κ3) is 4.94. The van der Waals surface area contributed by atoms with Crippen LogP contribution in [0.1, 0.15) is 51.5 Å². The van der Waals surface area contributed by atoms with Crippen LogP contribution in [-0.4, -0.2) is 42.7 Å². The minimum Gasteiger partial charge on any atom is -0.495 e. The van der Waals surface area contributed by atoms with E-state index in [-0.39, 0.29) is 17.9 Å². The van der Waals surface area contributed by atoms with Crippen LogP contribution in [0.3, 0.4) is 0 Å². The highest BCUT2D eigenvalue weighted by Gasteiger charge is 2.26. The molecular formula is C21H25ClN2O6. The van der Waals surface area contributed by atoms with E-state index in [1.165, 1.54) is 14.0 Å². The van der Waals surface area contributed by atoms with Crippen molar-refractivity contribution in [3.8, 4) is 5.75 Å². The van der Waals surface area contributed by atoms with Gasteiger partial charge in [0.1, 0.15) is 11.4 Å². The summed E-state index contributed by atoms with van der Waals surface area (Å²) in [4.78, 5) is 40.0. The Morgan fingerprint density at radius 2 is 1.83 bits per heavy atom. The first-order chi connectivity index (χ1) is 14.1. The number of ether oxygens (including phenoxy) is 3. The number of aromatic amines is 1. The summed E-state index contributed by atoms with van der Waals surface area (Å²) in [5.74, 6) is -1.45. The Hall–Kier alpha value is -3.00. The highest BCUT2D eigenvalue weighted by atomic mass is 35.5. The van der Waals surface area contributed by atoms with Gasteiger partial charge >= 0.3 is 11.9 Å². The zero-order valence-corrected chi connectivity index (χ0v) is 18.5. The van der Waals surface area contributed by atoms with E-state index < -0.39 is 23.9 Å². The number of carbonyl (C=O) groups is 3. The van der Waals surface area contributed by atoms with E-state index in [1.807, 2.05) is 0 Å². The molecule has 1 heterocycles. The fourth-order valence-corrected chi connectivity index (χ4v) is 3.05. The average Bonchev–Trinajstić information content (AvgIpc) is 2.98. The quantitative estimate of drug-likeness (QED) is 0.636. The molecule has 0 aliphatic carbocycles. The molecule has 2 aromatic rings. The van der Waals surface area contributed by atoms with Gasteiger partial charge in [0.25, 0.3) is 5.91 Å². The second-order valence-corrected chi connectivity index (χ2v) is 7.09. The molecule has 1 unspecified atom stereocenters. The molecule has 2 N–H and O–H groups in total. The van der Waals surface area contributed by atoms with Crippen molar-refractivity contribution in [2.45, 2.75) is 40.7 Å². The predicted molar refractivity (Wildman–Crippen MR) is 112 cm³/mol. The van der Waals surface area contributed by atoms with Crippen LogP contribution in [0.5, 0.6) is 5.75 Å². The maximum absolute atomic E-state index is 12.6. The van der Waals surface area contributed by atoms with Crippen LogP contribution in [0.4, 0.5) is 5.69 Å². The third-order valence-corrected chi connectivity index (χ3v) is 4.92. The fraction of sp³-hybridized carbons (Fsp3) is 0.381. The summed E-state index contributed by atoms with van der Waals surface area (Å²) >= 11 is 6.07. The highest BCUT2D eigenvalue weighted by molar-refractivity contribution is 6.31. The molecule has 1 amide bonds. The van der Waals surface area contributed by atoms with E-state index >= 15 is 0 Å². The Labute approximate surface area is 179 Å². The van der Waals surface area contributed by atoms with E-state index in [4.69, 9.17) is 25.8 Å². The average molecular weight is 437 g/mol. The first-order valence-electron chi connectivity index (χ1n) is 9.32. The van der Waals surface area contributed by atoms with Gasteiger partial charge in [0.05, 0.1) is 25.0 Å². The van der Waals surface area contributed by atoms with Crippen LogP contribution in [0, 0.1) is 20.8 Å². The topological polar surface area (TPSA) is 107 Å². The van der Waals surface area contributed by atoms with E-state index in [2.05, 4.69) is 10.3 Å². The number of nitrogens with one attached hydrogen (secondary N) is 2. The van der Waals surface area contributed by atoms with Gasteiger partial charge in [-0.1, -0.05) is 11.6 Å². The molecule has 1 aromatic carbocycles. The Kier molecular flexibility index (Phi) is 7.50. The number of esters is 2. The van der Waals surface area contributed by atoms with Crippen molar-refractivity contribution in [2.75, 3.05) is 19.0 Å². The van der Waals surface area contributed by atoms with Crippen molar-refractivity contribution < 1.29 is 28.6 Å². The summed E-state index contributed by atoms with van der Waals surface area (Å²) < 4.78 is 15.5. The van der Waals surface area contributed by atoms with E-state index in [1.54, 1.807) is 39.8 Å². The summed E-state index contributed by atoms with van der Waals surface area (Å²) in [6.07, 6.45) is -1.10. The largest absolute Gasteiger partial charge is 0.495 e. The Bertz CT molecular complexity index is 982. The van der Waals surface area contributed by atoms with Crippen molar-refractivity contribution in [1.82, 2.24) is 4.98 Å². The van der Waals surface area contributed by atoms with E-state index in [0.29, 0.717) is 27.7 Å². The minimum absolute atomic E-state index is 0.0927. The van der Waals surface area contributed by atoms with Crippen LogP contribution in [0.15, 0.2) is 12.1 Å². The normalized spacial score (nSPS) is 11.6. The van der Waals surface area contributed by atoms with Crippen molar-refractivity contribution in [3.05, 3.63) is 45.2 Å². The molecule has 0 saturated carbocycles. The number of halogens is 1. The van der Waals surface area contributed by atoms with Crippen molar-refractivity contribution >= 4 is 35.1 Å². The van der Waals surface area contributed by atoms with Gasteiger partial charge < -0.3 is 24.5 Å². The third-order valence-electron chi connectivity index (χ3n) is 4.51. The number of hydrogen-bond acceptors (Lipinski definition) is 6. The smallest absolute Gasteiger partial charge is 0.355 e. The van der Waals surface area contributed by atoms with Crippen LogP contribution in [0.2, 0.25) is 5.02 Å². The van der Waals surface area contributed by atoms with Crippen LogP contribution in [-0.2, 0) is 14.3 Å². The van der Waals surface area contributed by atoms with Crippen LogP contribution in [0.25, 0.3) is 0 Å². The van der Waals surface area contributed by atoms with Crippen LogP contribution < -0.4 is 10.1 Å². The Morgan fingerprint density at radius 3 is 2.43 bits per heavy atom. The highest BCUT2D eigenvalue weighted by Crippen LogP contribution is 2.31. The van der Waals surface area contributed by atoms with E-state index in [9.17, 15) is 14.4 Å². The number of aryl methyl sites for hydroxylation is 2. The first kappa shape index (κ1) is 23.3. The molecule has 0 saturated heterocycles. The van der Waals surface area contributed by atoms with Gasteiger partial charge in [-0.05, 0) is 51.8 Å². The molecule has 0 radical (unpaired) electrons. The molecular weight excluding hydrogens is 412 g/mol. The summed E-state index contributed by atoms with van der Waals surface area (Å²) in [6, 6.07) is 3.25. The number of aromatic nitrogens is 1. The Morgan fingerprint density at radius 1 is 1.17 bits per heavy atom. The predicted octanol–water partition coefficient (Wildman–Crippen LogP) is 3.96. The lowest BCUT2D eigenvalue weighted by Crippen LogP contribution is -2.30. The Balaban J connectivity index is 2.15. The molecule has 8 nitrogen and oxygen atoms in total. The van der Waals surface area contributed by atoms with Gasteiger partial charge in [0, 0.05) is 16.8 Å². The molecule has 0 spiro atoms. The lowest BCUT2D eigenvalue weighted by Gasteiger charge is -2.16. The minimum atomic E-state index is -1.10. The number of carbonyl (C=O) groups excluding carboxylic acids is 3. The second kappa shape index (κ2) is 9.67. The second-order valence-electron chi connectivity index (χ2n) is 6.68. The number of H-pyrrole nitrogens is 1. The van der Waals surface area contributed by atoms with Gasteiger partial charge in [0.2, 0.25) is 0 Å². The standard InChI is InChI=1S/C21H25ClN2O6/c1-7-29-20(26)17-11(3)18(23-12(17)4)21(27)30-13(5)19(25)24-15-8-10(2)14(22)9-16(15)28-6/h8-9,13,23H,7H2,1-6H3,(H,24,25). The maximum atomic E-state index is 12.6. The zero-order chi connectivity index (χ0) is 22.6. The van der Waals surface area contributed by atoms with Gasteiger partial charge in [-0.15, -0.1) is 0 Å². The zero-order valence-electron chi connectivity index (χ0n) is 17.8. The number of rotatable bonds is 7. The monoisotopic (exact) mass is 436 g/mol. The van der Waals surface area contributed by atoms with Gasteiger partial charge in [0.15, 0.2) is 6.10 Å². The first-order valence-corrected chi connectivity index (χ1v) is 9.70. The number of methoxy groups -OCH3 is 1. The molecule has 0 aliphatic heterocycles. The number of benzene rings is 1. The van der Waals surface area contributed by atoms with Crippen molar-refractivity contribution in [2.24, 2.45) is 0 Å². The summed E-state index contributed by atoms with van der Waals surface area (Å²) in [7, 11) is 1.46. The molecule has 30 heavy (non-hydrogen) atoms. The molecule has 0 bridgehead atoms. The van der Waals surface area contributed by atoms with Gasteiger partial charge in [-0.25, -0.2) is 9.59 Å². The molecule has 162 valence electrons. The molecule has 1 aromatic heterocycles. The molecule has 9 heteroatoms. The number of hydrogen-bond donors (Lipinski definition) is 2. The van der Waals surface area contributed by atoms with Crippen LogP contribution >= 0.6 is 11.6 Å². The van der Waals surface area contributed by atoms with Gasteiger partial charge in [-0.2, -0.15) is 0 Å². The number of amides is 1. The fourth-order valence-electron chi connectivity index (χ4n) is 2.90. The SMILES string of the molecule is CCOC(=O)c1c(C)[nH]c(C(=O)OC(C)C(=O)Nc2cc(C)c(Cl)cc2OC)c1C. The lowest BCUT2D eigenvalue weighted by atomic mass is 10.1. The van der Waals surface area contributed by atoms with Crippen molar-refractivity contribution in [1.29, 1.82) is 0 Å². The maximum Gasteiger partial charge on any atom is 0.355 e.